The zero-order valence-corrected chi connectivity index (χ0v) is 9.68. The first kappa shape index (κ1) is 12.5. The summed E-state index contributed by atoms with van der Waals surface area (Å²) in [5.74, 6) is -0.936. The van der Waals surface area contributed by atoms with Gasteiger partial charge in [-0.05, 0) is 26.1 Å². The van der Waals surface area contributed by atoms with Crippen LogP contribution < -0.4 is 0 Å². The minimum Gasteiger partial charge on any atom is -0.478 e. The van der Waals surface area contributed by atoms with Crippen LogP contribution in [-0.2, 0) is 11.2 Å². The van der Waals surface area contributed by atoms with Gasteiger partial charge in [0, 0.05) is 11.6 Å². The molecule has 1 N–H and O–H groups in total. The summed E-state index contributed by atoms with van der Waals surface area (Å²) < 4.78 is 0. The number of carboxylic acids is 1. The maximum absolute atomic E-state index is 10.9. The monoisotopic (exact) mass is 219 g/mol. The van der Waals surface area contributed by atoms with Crippen molar-refractivity contribution in [1.82, 2.24) is 4.90 Å². The second kappa shape index (κ2) is 5.47. The van der Waals surface area contributed by atoms with Gasteiger partial charge in [0.25, 0.3) is 0 Å². The fourth-order valence-electron chi connectivity index (χ4n) is 1.60. The molecule has 0 aromatic heterocycles. The fraction of sp³-hybridized carbons (Fsp3) is 0.308. The lowest BCUT2D eigenvalue weighted by atomic mass is 9.99. The molecule has 3 nitrogen and oxygen atoms in total. The average molecular weight is 219 g/mol. The number of hydrogen-bond acceptors (Lipinski definition) is 2. The normalized spacial score (nSPS) is 12.4. The number of benzene rings is 1. The van der Waals surface area contributed by atoms with Crippen LogP contribution in [0.2, 0.25) is 0 Å². The molecule has 3 heteroatoms. The molecule has 0 aliphatic heterocycles. The van der Waals surface area contributed by atoms with Gasteiger partial charge in [-0.1, -0.05) is 36.9 Å². The molecule has 0 bridgehead atoms. The van der Waals surface area contributed by atoms with Crippen LogP contribution in [0.5, 0.6) is 0 Å². The van der Waals surface area contributed by atoms with Crippen molar-refractivity contribution in [3.8, 4) is 0 Å². The summed E-state index contributed by atoms with van der Waals surface area (Å²) in [5, 5.41) is 8.95. The molecule has 0 aliphatic rings. The Morgan fingerprint density at radius 2 is 1.94 bits per heavy atom. The highest BCUT2D eigenvalue weighted by atomic mass is 16.4. The van der Waals surface area contributed by atoms with Crippen LogP contribution in [0.3, 0.4) is 0 Å². The second-order valence-electron chi connectivity index (χ2n) is 4.00. The van der Waals surface area contributed by atoms with Gasteiger partial charge in [0.2, 0.25) is 0 Å². The summed E-state index contributed by atoms with van der Waals surface area (Å²) in [7, 11) is 3.73. The predicted octanol–water partition coefficient (Wildman–Crippen LogP) is 1.80. The van der Waals surface area contributed by atoms with Gasteiger partial charge in [-0.2, -0.15) is 0 Å². The summed E-state index contributed by atoms with van der Waals surface area (Å²) >= 11 is 0. The molecule has 0 amide bonds. The van der Waals surface area contributed by atoms with Crippen molar-refractivity contribution in [2.45, 2.75) is 12.5 Å². The van der Waals surface area contributed by atoms with E-state index in [2.05, 4.69) is 6.58 Å². The maximum Gasteiger partial charge on any atom is 0.332 e. The summed E-state index contributed by atoms with van der Waals surface area (Å²) in [6.45, 7) is 3.63. The maximum atomic E-state index is 10.9. The number of rotatable bonds is 5. The van der Waals surface area contributed by atoms with Crippen molar-refractivity contribution in [1.29, 1.82) is 0 Å². The molecule has 0 heterocycles. The van der Waals surface area contributed by atoms with E-state index in [-0.39, 0.29) is 11.6 Å². The third-order valence-electron chi connectivity index (χ3n) is 2.57. The van der Waals surface area contributed by atoms with Gasteiger partial charge in [-0.3, -0.25) is 0 Å². The van der Waals surface area contributed by atoms with Crippen LogP contribution in [0.1, 0.15) is 5.56 Å². The van der Waals surface area contributed by atoms with Crippen molar-refractivity contribution >= 4 is 5.97 Å². The molecule has 1 rings (SSSR count). The van der Waals surface area contributed by atoms with Crippen LogP contribution in [0.15, 0.2) is 42.5 Å². The Balaban J connectivity index is 2.81. The largest absolute Gasteiger partial charge is 0.478 e. The van der Waals surface area contributed by atoms with Crippen LogP contribution in [-0.4, -0.2) is 36.1 Å². The summed E-state index contributed by atoms with van der Waals surface area (Å²) in [6.07, 6.45) is 0.666. The van der Waals surface area contributed by atoms with Gasteiger partial charge in [-0.15, -0.1) is 0 Å². The summed E-state index contributed by atoms with van der Waals surface area (Å²) in [6, 6.07) is 9.66. The van der Waals surface area contributed by atoms with Gasteiger partial charge in [0.05, 0.1) is 0 Å². The Hall–Kier alpha value is -1.61. The van der Waals surface area contributed by atoms with E-state index in [9.17, 15) is 4.79 Å². The second-order valence-corrected chi connectivity index (χ2v) is 4.00. The standard InChI is InChI=1S/C13H17NO2/c1-10(13(15)16)12(14(2)3)9-11-7-5-4-6-8-11/h4-8,12H,1,9H2,2-3H3,(H,15,16). The van der Waals surface area contributed by atoms with E-state index < -0.39 is 5.97 Å². The van der Waals surface area contributed by atoms with Gasteiger partial charge in [0.15, 0.2) is 0 Å². The summed E-state index contributed by atoms with van der Waals surface area (Å²) in [4.78, 5) is 12.8. The number of likely N-dealkylation sites (N-methyl/N-ethyl adjacent to an activating group) is 1. The lowest BCUT2D eigenvalue weighted by Crippen LogP contribution is -2.34. The van der Waals surface area contributed by atoms with Gasteiger partial charge >= 0.3 is 5.97 Å². The number of nitrogens with zero attached hydrogens (tertiary/aromatic N) is 1. The number of carboxylic acid groups (broad SMARTS) is 1. The molecule has 1 atom stereocenters. The van der Waals surface area contributed by atoms with Gasteiger partial charge < -0.3 is 10.0 Å². The number of hydrogen-bond donors (Lipinski definition) is 1. The Bertz CT molecular complexity index is 371. The van der Waals surface area contributed by atoms with Crippen LogP contribution >= 0.6 is 0 Å². The lowest BCUT2D eigenvalue weighted by molar-refractivity contribution is -0.133. The van der Waals surface area contributed by atoms with E-state index in [0.29, 0.717) is 6.42 Å². The molecule has 0 radical (unpaired) electrons. The van der Waals surface area contributed by atoms with E-state index in [1.54, 1.807) is 0 Å². The van der Waals surface area contributed by atoms with Crippen LogP contribution in [0.25, 0.3) is 0 Å². The number of carbonyl (C=O) groups is 1. The molecule has 1 aromatic carbocycles. The van der Waals surface area contributed by atoms with E-state index in [1.165, 1.54) is 0 Å². The predicted molar refractivity (Wildman–Crippen MR) is 64.4 cm³/mol. The van der Waals surface area contributed by atoms with Crippen molar-refractivity contribution < 1.29 is 9.90 Å². The first-order valence-electron chi connectivity index (χ1n) is 5.15. The van der Waals surface area contributed by atoms with E-state index in [1.807, 2.05) is 49.3 Å². The lowest BCUT2D eigenvalue weighted by Gasteiger charge is -2.24. The highest BCUT2D eigenvalue weighted by Gasteiger charge is 2.20. The van der Waals surface area contributed by atoms with Crippen molar-refractivity contribution in [3.63, 3.8) is 0 Å². The highest BCUT2D eigenvalue weighted by Crippen LogP contribution is 2.13. The third kappa shape index (κ3) is 3.21. The fourth-order valence-corrected chi connectivity index (χ4v) is 1.60. The minimum atomic E-state index is -0.936. The Morgan fingerprint density at radius 3 is 2.38 bits per heavy atom. The van der Waals surface area contributed by atoms with Crippen LogP contribution in [0.4, 0.5) is 0 Å². The number of aliphatic carboxylic acids is 1. The topological polar surface area (TPSA) is 40.5 Å². The SMILES string of the molecule is C=C(C(=O)O)C(Cc1ccccc1)N(C)C. The van der Waals surface area contributed by atoms with Crippen molar-refractivity contribution in [2.75, 3.05) is 14.1 Å². The van der Waals surface area contributed by atoms with E-state index in [0.717, 1.165) is 5.56 Å². The van der Waals surface area contributed by atoms with Crippen molar-refractivity contribution in [3.05, 3.63) is 48.0 Å². The smallest absolute Gasteiger partial charge is 0.332 e. The molecule has 1 aromatic rings. The zero-order valence-electron chi connectivity index (χ0n) is 9.68. The Morgan fingerprint density at radius 1 is 1.38 bits per heavy atom. The third-order valence-corrected chi connectivity index (χ3v) is 2.57. The molecule has 0 fully saturated rings. The zero-order chi connectivity index (χ0) is 12.1. The van der Waals surface area contributed by atoms with E-state index >= 15 is 0 Å². The van der Waals surface area contributed by atoms with Gasteiger partial charge in [-0.25, -0.2) is 4.79 Å². The molecule has 0 aliphatic carbocycles. The molecule has 1 unspecified atom stereocenters. The van der Waals surface area contributed by atoms with Crippen LogP contribution in [0, 0.1) is 0 Å². The van der Waals surface area contributed by atoms with Crippen molar-refractivity contribution in [2.24, 2.45) is 0 Å². The molecule has 0 saturated heterocycles. The Labute approximate surface area is 96.0 Å². The molecular weight excluding hydrogens is 202 g/mol. The first-order valence-corrected chi connectivity index (χ1v) is 5.15. The molecule has 86 valence electrons. The Kier molecular flexibility index (Phi) is 4.26. The summed E-state index contributed by atoms with van der Waals surface area (Å²) in [5.41, 5.74) is 1.34. The minimum absolute atomic E-state index is 0.167. The molecule has 0 spiro atoms. The van der Waals surface area contributed by atoms with Gasteiger partial charge in [0.1, 0.15) is 0 Å². The van der Waals surface area contributed by atoms with E-state index in [4.69, 9.17) is 5.11 Å². The molecule has 16 heavy (non-hydrogen) atoms. The highest BCUT2D eigenvalue weighted by molar-refractivity contribution is 5.87. The quantitative estimate of drug-likeness (QED) is 0.768. The molecular formula is C13H17NO2. The average Bonchev–Trinajstić information content (AvgIpc) is 2.26. The first-order chi connectivity index (χ1) is 7.52. The molecule has 0 saturated carbocycles.